The molecule has 7 nitrogen and oxygen atoms in total. The second-order valence-corrected chi connectivity index (χ2v) is 4.07. The van der Waals surface area contributed by atoms with E-state index in [1.165, 1.54) is 12.3 Å². The summed E-state index contributed by atoms with van der Waals surface area (Å²) >= 11 is 5.65. The summed E-state index contributed by atoms with van der Waals surface area (Å²) < 4.78 is 40.1. The van der Waals surface area contributed by atoms with Gasteiger partial charge in [-0.3, -0.25) is 5.43 Å². The van der Waals surface area contributed by atoms with Crippen molar-refractivity contribution in [3.63, 3.8) is 0 Å². The number of rotatable bonds is 3. The number of hydrogen-bond donors (Lipinski definition) is 2. The SMILES string of the molecule is CC(=NNc1ncccc1Cl)C(F)(F)F.CCOC(=O)C(=O)O. The summed E-state index contributed by atoms with van der Waals surface area (Å²) in [6, 6.07) is 3.06. The Balaban J connectivity index is 0.000000515. The Morgan fingerprint density at radius 3 is 2.48 bits per heavy atom. The topological polar surface area (TPSA) is 101 Å². The number of halogens is 4. The number of alkyl halides is 3. The van der Waals surface area contributed by atoms with Gasteiger partial charge >= 0.3 is 18.1 Å². The average molecular weight is 356 g/mol. The molecule has 0 aliphatic carbocycles. The largest absolute Gasteiger partial charge is 0.473 e. The van der Waals surface area contributed by atoms with E-state index in [1.54, 1.807) is 13.0 Å². The Labute approximate surface area is 134 Å². The van der Waals surface area contributed by atoms with E-state index in [9.17, 15) is 22.8 Å². The van der Waals surface area contributed by atoms with Crippen molar-refractivity contribution in [2.24, 2.45) is 5.10 Å². The third kappa shape index (κ3) is 8.61. The number of esters is 1. The number of anilines is 1. The molecule has 0 unspecified atom stereocenters. The first-order chi connectivity index (χ1) is 10.6. The molecule has 1 aromatic rings. The van der Waals surface area contributed by atoms with E-state index in [0.717, 1.165) is 6.92 Å². The number of carbonyl (C=O) groups is 2. The first-order valence-electron chi connectivity index (χ1n) is 5.97. The van der Waals surface area contributed by atoms with E-state index in [4.69, 9.17) is 16.7 Å². The van der Waals surface area contributed by atoms with Crippen LogP contribution >= 0.6 is 11.6 Å². The number of hydrazone groups is 1. The molecule has 0 aromatic carbocycles. The van der Waals surface area contributed by atoms with Gasteiger partial charge in [0.2, 0.25) is 0 Å². The molecule has 0 amide bonds. The summed E-state index contributed by atoms with van der Waals surface area (Å²) in [6.07, 6.45) is -3.05. The van der Waals surface area contributed by atoms with Gasteiger partial charge < -0.3 is 9.84 Å². The number of carboxylic acids is 1. The van der Waals surface area contributed by atoms with Crippen molar-refractivity contribution < 1.29 is 32.6 Å². The van der Waals surface area contributed by atoms with Crippen LogP contribution < -0.4 is 5.43 Å². The number of ether oxygens (including phenoxy) is 1. The fourth-order valence-corrected chi connectivity index (χ4v) is 1.02. The molecular formula is C12H13ClF3N3O4. The number of pyridine rings is 1. The second-order valence-electron chi connectivity index (χ2n) is 3.67. The van der Waals surface area contributed by atoms with Crippen molar-refractivity contribution in [1.29, 1.82) is 0 Å². The van der Waals surface area contributed by atoms with E-state index in [1.807, 2.05) is 0 Å². The Hall–Kier alpha value is -2.36. The molecule has 0 saturated carbocycles. The second kappa shape index (κ2) is 9.62. The fraction of sp³-hybridized carbons (Fsp3) is 0.333. The third-order valence-corrected chi connectivity index (χ3v) is 2.25. The molecule has 1 aromatic heterocycles. The van der Waals surface area contributed by atoms with Crippen LogP contribution in [0.15, 0.2) is 23.4 Å². The Morgan fingerprint density at radius 2 is 2.09 bits per heavy atom. The Bertz CT molecular complexity index is 579. The molecule has 0 atom stereocenters. The standard InChI is InChI=1S/C8H7ClF3N3.C4H6O4/c1-5(8(10,11)12)14-15-7-6(9)3-2-4-13-7;1-2-8-4(7)3(5)6/h2-4H,1H3,(H,13,15);2H2,1H3,(H,5,6). The average Bonchev–Trinajstić information content (AvgIpc) is 2.46. The van der Waals surface area contributed by atoms with E-state index in [-0.39, 0.29) is 17.4 Å². The van der Waals surface area contributed by atoms with E-state index in [0.29, 0.717) is 0 Å². The van der Waals surface area contributed by atoms with Crippen LogP contribution in [0, 0.1) is 0 Å². The van der Waals surface area contributed by atoms with Crippen LogP contribution in [0.3, 0.4) is 0 Å². The molecule has 0 spiro atoms. The summed E-state index contributed by atoms with van der Waals surface area (Å²) in [5.74, 6) is -2.66. The van der Waals surface area contributed by atoms with Crippen molar-refractivity contribution in [2.75, 3.05) is 12.0 Å². The van der Waals surface area contributed by atoms with Crippen molar-refractivity contribution in [3.8, 4) is 0 Å². The van der Waals surface area contributed by atoms with Gasteiger partial charge in [0.1, 0.15) is 5.71 Å². The number of hydrogen-bond acceptors (Lipinski definition) is 6. The molecule has 2 N–H and O–H groups in total. The lowest BCUT2D eigenvalue weighted by atomic mass is 10.4. The lowest BCUT2D eigenvalue weighted by Crippen LogP contribution is -2.20. The zero-order valence-corrected chi connectivity index (χ0v) is 12.8. The summed E-state index contributed by atoms with van der Waals surface area (Å²) in [5.41, 5.74) is 1.15. The highest BCUT2D eigenvalue weighted by molar-refractivity contribution is 6.32. The fourth-order valence-electron chi connectivity index (χ4n) is 0.861. The van der Waals surface area contributed by atoms with Crippen LogP contribution in [0.1, 0.15) is 13.8 Å². The summed E-state index contributed by atoms with van der Waals surface area (Å²) in [7, 11) is 0. The molecule has 0 fully saturated rings. The summed E-state index contributed by atoms with van der Waals surface area (Å²) in [4.78, 5) is 23.3. The van der Waals surface area contributed by atoms with E-state index < -0.39 is 23.8 Å². The third-order valence-electron chi connectivity index (χ3n) is 1.95. The number of carbonyl (C=O) groups excluding carboxylic acids is 1. The molecule has 0 radical (unpaired) electrons. The number of aliphatic carboxylic acids is 1. The minimum absolute atomic E-state index is 0.0859. The van der Waals surface area contributed by atoms with Crippen molar-refractivity contribution in [1.82, 2.24) is 4.98 Å². The van der Waals surface area contributed by atoms with Gasteiger partial charge in [0.25, 0.3) is 0 Å². The molecule has 0 saturated heterocycles. The first-order valence-corrected chi connectivity index (χ1v) is 6.35. The van der Waals surface area contributed by atoms with Crippen LogP contribution in [-0.2, 0) is 14.3 Å². The lowest BCUT2D eigenvalue weighted by Gasteiger charge is -2.06. The van der Waals surface area contributed by atoms with E-state index in [2.05, 4.69) is 20.2 Å². The molecule has 0 aliphatic rings. The molecule has 1 rings (SSSR count). The normalized spacial score (nSPS) is 11.1. The van der Waals surface area contributed by atoms with E-state index >= 15 is 0 Å². The van der Waals surface area contributed by atoms with Crippen molar-refractivity contribution >= 4 is 35.1 Å². The van der Waals surface area contributed by atoms with Crippen LogP contribution in [0.5, 0.6) is 0 Å². The number of carboxylic acid groups (broad SMARTS) is 1. The maximum Gasteiger partial charge on any atom is 0.430 e. The molecule has 0 bridgehead atoms. The number of nitrogens with zero attached hydrogens (tertiary/aromatic N) is 2. The molecule has 128 valence electrons. The quantitative estimate of drug-likeness (QED) is 0.374. The van der Waals surface area contributed by atoms with Crippen LogP contribution in [0.4, 0.5) is 19.0 Å². The van der Waals surface area contributed by atoms with Gasteiger partial charge in [-0.2, -0.15) is 18.3 Å². The van der Waals surface area contributed by atoms with Crippen LogP contribution in [0.2, 0.25) is 5.02 Å². The first kappa shape index (κ1) is 20.6. The Morgan fingerprint density at radius 1 is 1.48 bits per heavy atom. The molecular weight excluding hydrogens is 343 g/mol. The zero-order valence-electron chi connectivity index (χ0n) is 12.0. The Kier molecular flexibility index (Phi) is 8.63. The number of nitrogens with one attached hydrogen (secondary N) is 1. The molecule has 23 heavy (non-hydrogen) atoms. The molecule has 11 heteroatoms. The van der Waals surface area contributed by atoms with Gasteiger partial charge in [-0.15, -0.1) is 0 Å². The molecule has 1 heterocycles. The smallest absolute Gasteiger partial charge is 0.430 e. The highest BCUT2D eigenvalue weighted by Gasteiger charge is 2.32. The predicted octanol–water partition coefficient (Wildman–Crippen LogP) is 2.72. The summed E-state index contributed by atoms with van der Waals surface area (Å²) in [6.45, 7) is 2.50. The van der Waals surface area contributed by atoms with Gasteiger partial charge in [0.15, 0.2) is 5.82 Å². The minimum atomic E-state index is -4.45. The number of aromatic nitrogens is 1. The lowest BCUT2D eigenvalue weighted by molar-refractivity contribution is -0.163. The molecule has 0 aliphatic heterocycles. The van der Waals surface area contributed by atoms with Crippen molar-refractivity contribution in [3.05, 3.63) is 23.4 Å². The predicted molar refractivity (Wildman–Crippen MR) is 76.3 cm³/mol. The van der Waals surface area contributed by atoms with Crippen LogP contribution in [-0.4, -0.2) is 40.5 Å². The zero-order chi connectivity index (χ0) is 18.0. The maximum atomic E-state index is 12.0. The monoisotopic (exact) mass is 355 g/mol. The van der Waals surface area contributed by atoms with Gasteiger partial charge in [-0.25, -0.2) is 14.6 Å². The van der Waals surface area contributed by atoms with Gasteiger partial charge in [-0.1, -0.05) is 11.6 Å². The van der Waals surface area contributed by atoms with Crippen LogP contribution in [0.25, 0.3) is 0 Å². The highest BCUT2D eigenvalue weighted by Crippen LogP contribution is 2.20. The minimum Gasteiger partial charge on any atom is -0.473 e. The summed E-state index contributed by atoms with van der Waals surface area (Å²) in [5, 5.41) is 11.2. The van der Waals surface area contributed by atoms with Gasteiger partial charge in [-0.05, 0) is 26.0 Å². The van der Waals surface area contributed by atoms with Crippen molar-refractivity contribution in [2.45, 2.75) is 20.0 Å². The van der Waals surface area contributed by atoms with Gasteiger partial charge in [0, 0.05) is 6.20 Å². The highest BCUT2D eigenvalue weighted by atomic mass is 35.5. The van der Waals surface area contributed by atoms with Gasteiger partial charge in [0.05, 0.1) is 11.6 Å². The maximum absolute atomic E-state index is 12.0.